The lowest BCUT2D eigenvalue weighted by molar-refractivity contribution is -0.0925. The molecule has 0 unspecified atom stereocenters. The highest BCUT2D eigenvalue weighted by Crippen LogP contribution is 2.67. The van der Waals surface area contributed by atoms with Crippen molar-refractivity contribution in [2.24, 2.45) is 10.8 Å². The van der Waals surface area contributed by atoms with Gasteiger partial charge in [0.1, 0.15) is 0 Å². The van der Waals surface area contributed by atoms with E-state index < -0.39 is 0 Å². The normalized spacial score (nSPS) is 31.0. The fourth-order valence-electron chi connectivity index (χ4n) is 8.05. The highest BCUT2D eigenvalue weighted by Gasteiger charge is 2.55. The Morgan fingerprint density at radius 3 is 1.24 bits per heavy atom. The minimum atomic E-state index is 0.714. The third kappa shape index (κ3) is 5.32. The van der Waals surface area contributed by atoms with Gasteiger partial charge in [-0.05, 0) is 135 Å². The number of hydrogen-bond acceptors (Lipinski definition) is 0. The minimum absolute atomic E-state index is 0.714. The third-order valence-electron chi connectivity index (χ3n) is 10.1. The highest BCUT2D eigenvalue weighted by atomic mass is 14.6. The number of aryl methyl sites for hydroxylation is 2. The van der Waals surface area contributed by atoms with Crippen molar-refractivity contribution in [2.75, 3.05) is 0 Å². The van der Waals surface area contributed by atoms with Crippen LogP contribution in [0.4, 0.5) is 0 Å². The SMILES string of the molecule is CCCCc1ccc(C2CCC3(CC2)CC2(CCC(c4ccc(CCCC)cc4)CC2)C3)cc1. The average Bonchev–Trinajstić information content (AvgIpc) is 2.87. The first kappa shape index (κ1) is 24.1. The molecule has 0 amide bonds. The van der Waals surface area contributed by atoms with Crippen LogP contribution in [0.25, 0.3) is 0 Å². The molecule has 0 heteroatoms. The number of unbranched alkanes of at least 4 members (excludes halogenated alkanes) is 2. The molecule has 0 bridgehead atoms. The van der Waals surface area contributed by atoms with E-state index in [9.17, 15) is 0 Å². The Morgan fingerprint density at radius 1 is 0.559 bits per heavy atom. The molecule has 0 N–H and O–H groups in total. The predicted molar refractivity (Wildman–Crippen MR) is 147 cm³/mol. The molecule has 2 spiro atoms. The van der Waals surface area contributed by atoms with Gasteiger partial charge in [-0.25, -0.2) is 0 Å². The quantitative estimate of drug-likeness (QED) is 0.370. The largest absolute Gasteiger partial charge is 0.0654 e. The van der Waals surface area contributed by atoms with E-state index >= 15 is 0 Å². The van der Waals surface area contributed by atoms with E-state index in [0.717, 1.165) is 11.8 Å². The van der Waals surface area contributed by atoms with Gasteiger partial charge < -0.3 is 0 Å². The lowest BCUT2D eigenvalue weighted by Crippen LogP contribution is -2.49. The Balaban J connectivity index is 1.08. The Bertz CT molecular complexity index is 801. The fourth-order valence-corrected chi connectivity index (χ4v) is 8.05. The monoisotopic (exact) mass is 456 g/mol. The lowest BCUT2D eigenvalue weighted by Gasteiger charge is -2.61. The van der Waals surface area contributed by atoms with Crippen LogP contribution in [0.5, 0.6) is 0 Å². The molecule has 0 nitrogen and oxygen atoms in total. The molecule has 3 aliphatic rings. The molecule has 0 radical (unpaired) electrons. The maximum atomic E-state index is 2.45. The van der Waals surface area contributed by atoms with Crippen molar-refractivity contribution in [1.82, 2.24) is 0 Å². The Kier molecular flexibility index (Phi) is 7.52. The molecule has 184 valence electrons. The van der Waals surface area contributed by atoms with E-state index in [2.05, 4.69) is 62.4 Å². The molecule has 34 heavy (non-hydrogen) atoms. The number of benzene rings is 2. The Morgan fingerprint density at radius 2 is 0.912 bits per heavy atom. The highest BCUT2D eigenvalue weighted by molar-refractivity contribution is 5.28. The van der Waals surface area contributed by atoms with Crippen molar-refractivity contribution < 1.29 is 0 Å². The van der Waals surface area contributed by atoms with Gasteiger partial charge in [-0.15, -0.1) is 0 Å². The van der Waals surface area contributed by atoms with Crippen LogP contribution in [0.2, 0.25) is 0 Å². The van der Waals surface area contributed by atoms with Crippen LogP contribution in [0, 0.1) is 10.8 Å². The summed E-state index contributed by atoms with van der Waals surface area (Å²) in [5, 5.41) is 0. The van der Waals surface area contributed by atoms with Crippen LogP contribution in [-0.4, -0.2) is 0 Å². The zero-order valence-electron chi connectivity index (χ0n) is 22.1. The topological polar surface area (TPSA) is 0 Å². The van der Waals surface area contributed by atoms with Gasteiger partial charge in [0.2, 0.25) is 0 Å². The zero-order chi connectivity index (χ0) is 23.4. The Hall–Kier alpha value is -1.56. The van der Waals surface area contributed by atoms with Crippen LogP contribution < -0.4 is 0 Å². The molecule has 3 fully saturated rings. The van der Waals surface area contributed by atoms with Gasteiger partial charge in [-0.1, -0.05) is 75.2 Å². The van der Waals surface area contributed by atoms with Crippen molar-refractivity contribution in [3.63, 3.8) is 0 Å². The number of rotatable bonds is 8. The van der Waals surface area contributed by atoms with Gasteiger partial charge in [-0.3, -0.25) is 0 Å². The fraction of sp³-hybridized carbons (Fsp3) is 0.647. The summed E-state index contributed by atoms with van der Waals surface area (Å²) in [4.78, 5) is 0. The molecular formula is C34H48. The summed E-state index contributed by atoms with van der Waals surface area (Å²) >= 11 is 0. The molecule has 3 saturated carbocycles. The average molecular weight is 457 g/mol. The third-order valence-corrected chi connectivity index (χ3v) is 10.1. The van der Waals surface area contributed by atoms with E-state index in [0.29, 0.717) is 10.8 Å². The summed E-state index contributed by atoms with van der Waals surface area (Å²) in [5.41, 5.74) is 7.72. The second-order valence-electron chi connectivity index (χ2n) is 12.6. The summed E-state index contributed by atoms with van der Waals surface area (Å²) in [7, 11) is 0. The zero-order valence-corrected chi connectivity index (χ0v) is 22.1. The maximum absolute atomic E-state index is 2.45. The van der Waals surface area contributed by atoms with Crippen molar-refractivity contribution in [1.29, 1.82) is 0 Å². The second-order valence-corrected chi connectivity index (χ2v) is 12.6. The van der Waals surface area contributed by atoms with Gasteiger partial charge in [-0.2, -0.15) is 0 Å². The first-order valence-electron chi connectivity index (χ1n) is 14.8. The first-order chi connectivity index (χ1) is 16.6. The first-order valence-corrected chi connectivity index (χ1v) is 14.8. The second kappa shape index (κ2) is 10.6. The van der Waals surface area contributed by atoms with Gasteiger partial charge in [0, 0.05) is 0 Å². The van der Waals surface area contributed by atoms with Gasteiger partial charge in [0.25, 0.3) is 0 Å². The van der Waals surface area contributed by atoms with E-state index in [4.69, 9.17) is 0 Å². The van der Waals surface area contributed by atoms with Crippen LogP contribution >= 0.6 is 0 Å². The van der Waals surface area contributed by atoms with E-state index in [1.54, 1.807) is 24.0 Å². The van der Waals surface area contributed by atoms with Crippen molar-refractivity contribution in [3.8, 4) is 0 Å². The standard InChI is InChI=1S/C34H48/c1-3-5-7-27-9-13-29(14-10-27)31-17-21-33(22-18-31)25-34(26-33)23-19-32(20-24-34)30-15-11-28(12-16-30)8-6-4-2/h9-16,31-32H,3-8,17-26H2,1-2H3. The molecule has 0 aromatic heterocycles. The summed E-state index contributed by atoms with van der Waals surface area (Å²) in [6, 6.07) is 19.4. The molecule has 5 rings (SSSR count). The maximum Gasteiger partial charge on any atom is -0.0162 e. The van der Waals surface area contributed by atoms with Crippen LogP contribution in [0.15, 0.2) is 48.5 Å². The predicted octanol–water partition coefficient (Wildman–Crippen LogP) is 10.2. The van der Waals surface area contributed by atoms with Crippen LogP contribution in [-0.2, 0) is 12.8 Å². The minimum Gasteiger partial charge on any atom is -0.0654 e. The summed E-state index contributed by atoms with van der Waals surface area (Å²) in [6.45, 7) is 4.57. The van der Waals surface area contributed by atoms with E-state index in [1.807, 2.05) is 0 Å². The summed E-state index contributed by atoms with van der Waals surface area (Å²) in [6.07, 6.45) is 22.5. The van der Waals surface area contributed by atoms with E-state index in [-0.39, 0.29) is 0 Å². The van der Waals surface area contributed by atoms with Crippen LogP contribution in [0.1, 0.15) is 138 Å². The van der Waals surface area contributed by atoms with Gasteiger partial charge in [0.05, 0.1) is 0 Å². The lowest BCUT2D eigenvalue weighted by atomic mass is 9.44. The van der Waals surface area contributed by atoms with Crippen LogP contribution in [0.3, 0.4) is 0 Å². The smallest absolute Gasteiger partial charge is 0.0162 e. The molecule has 0 saturated heterocycles. The van der Waals surface area contributed by atoms with Crippen molar-refractivity contribution in [3.05, 3.63) is 70.8 Å². The van der Waals surface area contributed by atoms with Gasteiger partial charge >= 0.3 is 0 Å². The molecule has 2 aromatic carbocycles. The molecule has 0 aliphatic heterocycles. The molecular weight excluding hydrogens is 408 g/mol. The summed E-state index contributed by atoms with van der Waals surface area (Å²) in [5.74, 6) is 1.64. The van der Waals surface area contributed by atoms with Crippen molar-refractivity contribution in [2.45, 2.75) is 128 Å². The van der Waals surface area contributed by atoms with Crippen molar-refractivity contribution >= 4 is 0 Å². The van der Waals surface area contributed by atoms with Gasteiger partial charge in [0.15, 0.2) is 0 Å². The molecule has 0 heterocycles. The number of hydrogen-bond donors (Lipinski definition) is 0. The van der Waals surface area contributed by atoms with E-state index in [1.165, 1.54) is 101 Å². The molecule has 2 aromatic rings. The molecule has 0 atom stereocenters. The Labute approximate surface area is 209 Å². The molecule has 3 aliphatic carbocycles. The summed E-state index contributed by atoms with van der Waals surface area (Å²) < 4.78 is 0.